The van der Waals surface area contributed by atoms with Crippen LogP contribution in [0.5, 0.6) is 0 Å². The average molecular weight is 237 g/mol. The van der Waals surface area contributed by atoms with Gasteiger partial charge >= 0.3 is 0 Å². The minimum absolute atomic E-state index is 0.905. The van der Waals surface area contributed by atoms with Gasteiger partial charge in [0.05, 0.1) is 0 Å². The Labute approximate surface area is 101 Å². The molecule has 1 aromatic rings. The van der Waals surface area contributed by atoms with Crippen molar-refractivity contribution in [1.82, 2.24) is 9.97 Å². The van der Waals surface area contributed by atoms with E-state index in [9.17, 15) is 0 Å². The van der Waals surface area contributed by atoms with Gasteiger partial charge in [0, 0.05) is 18.4 Å². The predicted molar refractivity (Wildman–Crippen MR) is 68.9 cm³/mol. The van der Waals surface area contributed by atoms with Crippen molar-refractivity contribution in [3.05, 3.63) is 12.4 Å². The first-order valence-corrected chi connectivity index (χ1v) is 7.05. The van der Waals surface area contributed by atoms with Crippen molar-refractivity contribution in [2.24, 2.45) is 5.92 Å². The Morgan fingerprint density at radius 3 is 2.94 bits per heavy atom. The van der Waals surface area contributed by atoms with Crippen LogP contribution < -0.4 is 5.32 Å². The van der Waals surface area contributed by atoms with Crippen LogP contribution in [0.4, 0.5) is 5.82 Å². The van der Waals surface area contributed by atoms with Crippen molar-refractivity contribution in [2.75, 3.05) is 17.6 Å². The molecule has 0 unspecified atom stereocenters. The van der Waals surface area contributed by atoms with Gasteiger partial charge in [-0.15, -0.1) is 11.8 Å². The van der Waals surface area contributed by atoms with E-state index in [1.165, 1.54) is 31.4 Å². The van der Waals surface area contributed by atoms with E-state index >= 15 is 0 Å². The number of thioether (sulfide) groups is 1. The molecule has 1 fully saturated rings. The SMILES string of the molecule is CCNc1cc(SCC2CCCC2)ncn1. The number of aromatic nitrogens is 2. The molecule has 0 aromatic carbocycles. The number of rotatable bonds is 5. The lowest BCUT2D eigenvalue weighted by Gasteiger charge is -2.08. The monoisotopic (exact) mass is 237 g/mol. The molecule has 0 saturated heterocycles. The molecule has 1 aliphatic carbocycles. The summed E-state index contributed by atoms with van der Waals surface area (Å²) >= 11 is 1.87. The average Bonchev–Trinajstić information content (AvgIpc) is 2.80. The third kappa shape index (κ3) is 3.37. The summed E-state index contributed by atoms with van der Waals surface area (Å²) < 4.78 is 0. The quantitative estimate of drug-likeness (QED) is 0.630. The molecule has 0 bridgehead atoms. The van der Waals surface area contributed by atoms with Gasteiger partial charge in [-0.1, -0.05) is 12.8 Å². The van der Waals surface area contributed by atoms with Crippen molar-refractivity contribution in [2.45, 2.75) is 37.6 Å². The summed E-state index contributed by atoms with van der Waals surface area (Å²) in [4.78, 5) is 8.47. The van der Waals surface area contributed by atoms with Crippen molar-refractivity contribution >= 4 is 17.6 Å². The summed E-state index contributed by atoms with van der Waals surface area (Å²) in [6.07, 6.45) is 7.28. The predicted octanol–water partition coefficient (Wildman–Crippen LogP) is 3.19. The van der Waals surface area contributed by atoms with E-state index in [1.54, 1.807) is 6.33 Å². The van der Waals surface area contributed by atoms with Crippen LogP contribution in [0, 0.1) is 5.92 Å². The molecule has 1 heterocycles. The Bertz CT molecular complexity index is 324. The van der Waals surface area contributed by atoms with Crippen molar-refractivity contribution in [3.8, 4) is 0 Å². The summed E-state index contributed by atoms with van der Waals surface area (Å²) in [6, 6.07) is 2.04. The fraction of sp³-hybridized carbons (Fsp3) is 0.667. The standard InChI is InChI=1S/C12H19N3S/c1-2-13-11-7-12(15-9-14-11)16-8-10-5-3-4-6-10/h7,9-10H,2-6,8H2,1H3,(H,13,14,15). The molecular formula is C12H19N3S. The van der Waals surface area contributed by atoms with Gasteiger partial charge in [0.15, 0.2) is 0 Å². The molecule has 3 nitrogen and oxygen atoms in total. The van der Waals surface area contributed by atoms with E-state index in [-0.39, 0.29) is 0 Å². The largest absolute Gasteiger partial charge is 0.370 e. The van der Waals surface area contributed by atoms with Crippen molar-refractivity contribution in [3.63, 3.8) is 0 Å². The van der Waals surface area contributed by atoms with Crippen LogP contribution in [0.3, 0.4) is 0 Å². The van der Waals surface area contributed by atoms with Crippen LogP contribution in [0.1, 0.15) is 32.6 Å². The van der Waals surface area contributed by atoms with Crippen LogP contribution >= 0.6 is 11.8 Å². The fourth-order valence-corrected chi connectivity index (χ4v) is 3.13. The highest BCUT2D eigenvalue weighted by atomic mass is 32.2. The number of hydrogen-bond acceptors (Lipinski definition) is 4. The Morgan fingerprint density at radius 1 is 1.38 bits per heavy atom. The molecule has 2 rings (SSSR count). The summed E-state index contributed by atoms with van der Waals surface area (Å²) in [5, 5.41) is 4.31. The molecule has 0 aliphatic heterocycles. The summed E-state index contributed by atoms with van der Waals surface area (Å²) in [5.41, 5.74) is 0. The lowest BCUT2D eigenvalue weighted by molar-refractivity contribution is 0.623. The van der Waals surface area contributed by atoms with Gasteiger partial charge in [-0.05, 0) is 25.7 Å². The summed E-state index contributed by atoms with van der Waals surface area (Å²) in [7, 11) is 0. The van der Waals surface area contributed by atoms with Crippen molar-refractivity contribution in [1.29, 1.82) is 0 Å². The normalized spacial score (nSPS) is 16.6. The van der Waals surface area contributed by atoms with Crippen LogP contribution in [0.15, 0.2) is 17.4 Å². The molecule has 0 amide bonds. The van der Waals surface area contributed by atoms with Gasteiger partial charge in [-0.25, -0.2) is 9.97 Å². The maximum Gasteiger partial charge on any atom is 0.130 e. The number of nitrogens with one attached hydrogen (secondary N) is 1. The highest BCUT2D eigenvalue weighted by Gasteiger charge is 2.15. The minimum atomic E-state index is 0.905. The zero-order valence-corrected chi connectivity index (χ0v) is 10.6. The van der Waals surface area contributed by atoms with Gasteiger partial charge in [-0.2, -0.15) is 0 Å². The van der Waals surface area contributed by atoms with E-state index in [1.807, 2.05) is 17.8 Å². The molecule has 88 valence electrons. The smallest absolute Gasteiger partial charge is 0.130 e. The number of nitrogens with zero attached hydrogens (tertiary/aromatic N) is 2. The van der Waals surface area contributed by atoms with Crippen LogP contribution in [0.25, 0.3) is 0 Å². The Hall–Kier alpha value is -0.770. The highest BCUT2D eigenvalue weighted by Crippen LogP contribution is 2.30. The molecule has 1 aromatic heterocycles. The minimum Gasteiger partial charge on any atom is -0.370 e. The zero-order chi connectivity index (χ0) is 11.2. The van der Waals surface area contributed by atoms with E-state index in [0.29, 0.717) is 0 Å². The van der Waals surface area contributed by atoms with Crippen LogP contribution in [-0.4, -0.2) is 22.3 Å². The first-order chi connectivity index (χ1) is 7.88. The third-order valence-electron chi connectivity index (χ3n) is 2.94. The van der Waals surface area contributed by atoms with Gasteiger partial charge in [0.1, 0.15) is 17.2 Å². The molecule has 0 spiro atoms. The Balaban J connectivity index is 1.85. The lowest BCUT2D eigenvalue weighted by Crippen LogP contribution is -2.01. The van der Waals surface area contributed by atoms with Gasteiger partial charge in [-0.3, -0.25) is 0 Å². The van der Waals surface area contributed by atoms with E-state index in [4.69, 9.17) is 0 Å². The number of anilines is 1. The zero-order valence-electron chi connectivity index (χ0n) is 9.78. The molecular weight excluding hydrogens is 218 g/mol. The Morgan fingerprint density at radius 2 is 2.19 bits per heavy atom. The van der Waals surface area contributed by atoms with Crippen LogP contribution in [-0.2, 0) is 0 Å². The first-order valence-electron chi connectivity index (χ1n) is 6.07. The van der Waals surface area contributed by atoms with E-state index in [0.717, 1.165) is 23.3 Å². The first kappa shape index (κ1) is 11.7. The molecule has 0 radical (unpaired) electrons. The van der Waals surface area contributed by atoms with E-state index in [2.05, 4.69) is 22.2 Å². The lowest BCUT2D eigenvalue weighted by atomic mass is 10.1. The Kier molecular flexibility index (Phi) is 4.45. The van der Waals surface area contributed by atoms with Crippen molar-refractivity contribution < 1.29 is 0 Å². The van der Waals surface area contributed by atoms with Gasteiger partial charge in [0.2, 0.25) is 0 Å². The molecule has 1 saturated carbocycles. The summed E-state index contributed by atoms with van der Waals surface area (Å²) in [6.45, 7) is 2.98. The fourth-order valence-electron chi connectivity index (χ4n) is 2.08. The summed E-state index contributed by atoms with van der Waals surface area (Å²) in [5.74, 6) is 3.05. The molecule has 4 heteroatoms. The number of hydrogen-bond donors (Lipinski definition) is 1. The van der Waals surface area contributed by atoms with Gasteiger partial charge in [0.25, 0.3) is 0 Å². The second kappa shape index (κ2) is 6.09. The van der Waals surface area contributed by atoms with E-state index < -0.39 is 0 Å². The molecule has 1 aliphatic rings. The van der Waals surface area contributed by atoms with Gasteiger partial charge < -0.3 is 5.32 Å². The topological polar surface area (TPSA) is 37.8 Å². The second-order valence-electron chi connectivity index (χ2n) is 4.23. The maximum absolute atomic E-state index is 4.29. The molecule has 0 atom stereocenters. The third-order valence-corrected chi connectivity index (χ3v) is 4.10. The highest BCUT2D eigenvalue weighted by molar-refractivity contribution is 7.99. The molecule has 16 heavy (non-hydrogen) atoms. The maximum atomic E-state index is 4.29. The second-order valence-corrected chi connectivity index (χ2v) is 5.27. The van der Waals surface area contributed by atoms with Crippen LogP contribution in [0.2, 0.25) is 0 Å². The molecule has 1 N–H and O–H groups in total.